The van der Waals surface area contributed by atoms with E-state index in [2.05, 4.69) is 0 Å². The van der Waals surface area contributed by atoms with Crippen LogP contribution < -0.4 is 0 Å². The van der Waals surface area contributed by atoms with Crippen molar-refractivity contribution in [2.24, 2.45) is 0 Å². The standard InChI is InChI=1S/C11H10O4/c12-9-7-4-2-1-3-6(7)5-8(10(9)13)11(14)15/h1-5,9-10,12-13H,(H,14,15)/t9-,10+/m1/s1. The van der Waals surface area contributed by atoms with E-state index in [0.29, 0.717) is 11.1 Å². The molecule has 0 radical (unpaired) electrons. The van der Waals surface area contributed by atoms with Gasteiger partial charge in [0.15, 0.2) is 0 Å². The SMILES string of the molecule is O=C(O)C1=Cc2ccccc2[C@@H](O)[C@H]1O. The van der Waals surface area contributed by atoms with Gasteiger partial charge in [0.2, 0.25) is 0 Å². The van der Waals surface area contributed by atoms with E-state index in [1.54, 1.807) is 24.3 Å². The normalized spacial score (nSPS) is 24.3. The maximum atomic E-state index is 10.8. The van der Waals surface area contributed by atoms with Crippen LogP contribution in [0.3, 0.4) is 0 Å². The molecule has 0 aromatic heterocycles. The van der Waals surface area contributed by atoms with Gasteiger partial charge in [-0.3, -0.25) is 0 Å². The highest BCUT2D eigenvalue weighted by molar-refractivity contribution is 5.94. The number of fused-ring (bicyclic) bond motifs is 1. The van der Waals surface area contributed by atoms with Crippen LogP contribution in [0.2, 0.25) is 0 Å². The molecule has 2 rings (SSSR count). The lowest BCUT2D eigenvalue weighted by Gasteiger charge is -2.25. The molecular weight excluding hydrogens is 196 g/mol. The van der Waals surface area contributed by atoms with E-state index in [-0.39, 0.29) is 5.57 Å². The van der Waals surface area contributed by atoms with Gasteiger partial charge < -0.3 is 15.3 Å². The zero-order valence-electron chi connectivity index (χ0n) is 7.79. The first kappa shape index (κ1) is 9.89. The molecule has 0 aliphatic heterocycles. The fourth-order valence-electron chi connectivity index (χ4n) is 1.69. The summed E-state index contributed by atoms with van der Waals surface area (Å²) in [5.74, 6) is -1.21. The number of carboxylic acids is 1. The number of carbonyl (C=O) groups is 1. The summed E-state index contributed by atoms with van der Waals surface area (Å²) in [4.78, 5) is 10.8. The zero-order valence-corrected chi connectivity index (χ0v) is 7.79. The van der Waals surface area contributed by atoms with Gasteiger partial charge in [0, 0.05) is 0 Å². The second-order valence-corrected chi connectivity index (χ2v) is 3.42. The molecular formula is C11H10O4. The molecule has 0 unspecified atom stereocenters. The van der Waals surface area contributed by atoms with Gasteiger partial charge >= 0.3 is 5.97 Å². The molecule has 1 aromatic rings. The molecule has 2 atom stereocenters. The number of carboxylic acid groups (broad SMARTS) is 1. The third-order valence-corrected chi connectivity index (χ3v) is 2.49. The predicted octanol–water partition coefficient (Wildman–Crippen LogP) is 0.562. The van der Waals surface area contributed by atoms with Crippen molar-refractivity contribution in [1.29, 1.82) is 0 Å². The number of hydrogen-bond donors (Lipinski definition) is 3. The number of aliphatic hydroxyl groups is 2. The van der Waals surface area contributed by atoms with E-state index >= 15 is 0 Å². The number of aliphatic carboxylic acids is 1. The van der Waals surface area contributed by atoms with Crippen molar-refractivity contribution in [3.63, 3.8) is 0 Å². The summed E-state index contributed by atoms with van der Waals surface area (Å²) in [6, 6.07) is 6.85. The Bertz CT molecular complexity index is 436. The number of rotatable bonds is 1. The Labute approximate surface area is 86.1 Å². The third-order valence-electron chi connectivity index (χ3n) is 2.49. The van der Waals surface area contributed by atoms with Crippen molar-refractivity contribution < 1.29 is 20.1 Å². The van der Waals surface area contributed by atoms with Crippen LogP contribution in [0.4, 0.5) is 0 Å². The second kappa shape index (κ2) is 3.49. The lowest BCUT2D eigenvalue weighted by Crippen LogP contribution is -2.28. The summed E-state index contributed by atoms with van der Waals surface area (Å²) in [5, 5.41) is 28.1. The van der Waals surface area contributed by atoms with E-state index in [4.69, 9.17) is 5.11 Å². The topological polar surface area (TPSA) is 77.8 Å². The first-order valence-corrected chi connectivity index (χ1v) is 4.51. The minimum absolute atomic E-state index is 0.179. The van der Waals surface area contributed by atoms with Gasteiger partial charge in [-0.15, -0.1) is 0 Å². The van der Waals surface area contributed by atoms with Crippen LogP contribution in [0.25, 0.3) is 6.08 Å². The molecule has 4 heteroatoms. The fourth-order valence-corrected chi connectivity index (χ4v) is 1.69. The molecule has 0 saturated heterocycles. The number of hydrogen-bond acceptors (Lipinski definition) is 3. The van der Waals surface area contributed by atoms with Gasteiger partial charge in [0.1, 0.15) is 12.2 Å². The Hall–Kier alpha value is -1.65. The molecule has 4 nitrogen and oxygen atoms in total. The molecule has 0 fully saturated rings. The maximum absolute atomic E-state index is 10.8. The smallest absolute Gasteiger partial charge is 0.334 e. The van der Waals surface area contributed by atoms with Gasteiger partial charge in [0.25, 0.3) is 0 Å². The monoisotopic (exact) mass is 206 g/mol. The minimum Gasteiger partial charge on any atom is -0.478 e. The van der Waals surface area contributed by atoms with E-state index in [1.807, 2.05) is 0 Å². The number of benzene rings is 1. The molecule has 0 amide bonds. The van der Waals surface area contributed by atoms with Crippen molar-refractivity contribution in [2.45, 2.75) is 12.2 Å². The van der Waals surface area contributed by atoms with Crippen molar-refractivity contribution >= 4 is 12.0 Å². The quantitative estimate of drug-likeness (QED) is 0.627. The summed E-state index contributed by atoms with van der Waals surface area (Å²) in [6.07, 6.45) is -1.15. The predicted molar refractivity (Wildman–Crippen MR) is 53.0 cm³/mol. The van der Waals surface area contributed by atoms with Gasteiger partial charge in [-0.1, -0.05) is 24.3 Å². The van der Waals surface area contributed by atoms with Crippen molar-refractivity contribution in [2.75, 3.05) is 0 Å². The van der Waals surface area contributed by atoms with Gasteiger partial charge in [-0.2, -0.15) is 0 Å². The lowest BCUT2D eigenvalue weighted by atomic mass is 9.88. The third kappa shape index (κ3) is 1.54. The second-order valence-electron chi connectivity index (χ2n) is 3.42. The van der Waals surface area contributed by atoms with E-state index in [0.717, 1.165) is 0 Å². The zero-order chi connectivity index (χ0) is 11.0. The first-order valence-electron chi connectivity index (χ1n) is 4.51. The van der Waals surface area contributed by atoms with Crippen LogP contribution in [0, 0.1) is 0 Å². The highest BCUT2D eigenvalue weighted by Gasteiger charge is 2.31. The minimum atomic E-state index is -1.36. The van der Waals surface area contributed by atoms with E-state index in [1.165, 1.54) is 6.08 Å². The Morgan fingerprint density at radius 1 is 1.13 bits per heavy atom. The molecule has 15 heavy (non-hydrogen) atoms. The van der Waals surface area contributed by atoms with Crippen LogP contribution in [0.5, 0.6) is 0 Å². The Morgan fingerprint density at radius 3 is 2.47 bits per heavy atom. The summed E-state index contributed by atoms with van der Waals surface area (Å²) >= 11 is 0. The van der Waals surface area contributed by atoms with Crippen LogP contribution in [0.1, 0.15) is 17.2 Å². The summed E-state index contributed by atoms with van der Waals surface area (Å²) in [7, 11) is 0. The largest absolute Gasteiger partial charge is 0.478 e. The molecule has 1 aromatic carbocycles. The Kier molecular flexibility index (Phi) is 2.30. The average molecular weight is 206 g/mol. The van der Waals surface area contributed by atoms with Gasteiger partial charge in [0.05, 0.1) is 5.57 Å². The molecule has 0 spiro atoms. The molecule has 0 heterocycles. The van der Waals surface area contributed by atoms with Crippen LogP contribution in [-0.4, -0.2) is 27.4 Å². The molecule has 78 valence electrons. The van der Waals surface area contributed by atoms with E-state index < -0.39 is 18.2 Å². The van der Waals surface area contributed by atoms with Crippen molar-refractivity contribution in [3.05, 3.63) is 41.0 Å². The highest BCUT2D eigenvalue weighted by Crippen LogP contribution is 2.31. The van der Waals surface area contributed by atoms with Crippen LogP contribution in [-0.2, 0) is 4.79 Å². The first-order chi connectivity index (χ1) is 7.11. The van der Waals surface area contributed by atoms with Crippen molar-refractivity contribution in [3.8, 4) is 0 Å². The molecule has 0 bridgehead atoms. The summed E-state index contributed by atoms with van der Waals surface area (Å²) in [6.45, 7) is 0. The summed E-state index contributed by atoms with van der Waals surface area (Å²) < 4.78 is 0. The average Bonchev–Trinajstić information content (AvgIpc) is 2.23. The van der Waals surface area contributed by atoms with Crippen molar-refractivity contribution in [1.82, 2.24) is 0 Å². The summed E-state index contributed by atoms with van der Waals surface area (Å²) in [5.41, 5.74) is 1.00. The molecule has 1 aliphatic carbocycles. The molecule has 1 aliphatic rings. The van der Waals surface area contributed by atoms with Gasteiger partial charge in [-0.25, -0.2) is 4.79 Å². The molecule has 0 saturated carbocycles. The van der Waals surface area contributed by atoms with Crippen LogP contribution in [0.15, 0.2) is 29.8 Å². The Morgan fingerprint density at radius 2 is 1.80 bits per heavy atom. The lowest BCUT2D eigenvalue weighted by molar-refractivity contribution is -0.134. The highest BCUT2D eigenvalue weighted by atomic mass is 16.4. The fraction of sp³-hybridized carbons (Fsp3) is 0.182. The van der Waals surface area contributed by atoms with E-state index in [9.17, 15) is 15.0 Å². The van der Waals surface area contributed by atoms with Gasteiger partial charge in [-0.05, 0) is 17.2 Å². The maximum Gasteiger partial charge on any atom is 0.334 e. The number of aliphatic hydroxyl groups excluding tert-OH is 2. The van der Waals surface area contributed by atoms with Crippen LogP contribution >= 0.6 is 0 Å². The molecule has 3 N–H and O–H groups in total. The Balaban J connectivity index is 2.57.